The molecule has 20 heavy (non-hydrogen) atoms. The second-order valence-electron chi connectivity index (χ2n) is 5.44. The topological polar surface area (TPSA) is 46.4 Å². The molecule has 1 aliphatic heterocycles. The molecule has 1 fully saturated rings. The molecule has 1 aromatic carbocycles. The van der Waals surface area contributed by atoms with Crippen LogP contribution in [0.1, 0.15) is 30.7 Å². The summed E-state index contributed by atoms with van der Waals surface area (Å²) in [6.45, 7) is 4.83. The number of benzene rings is 1. The number of piperidine rings is 1. The van der Waals surface area contributed by atoms with Crippen LogP contribution in [0.25, 0.3) is 0 Å². The highest BCUT2D eigenvalue weighted by molar-refractivity contribution is 6.21. The van der Waals surface area contributed by atoms with Crippen LogP contribution >= 0.6 is 11.6 Å². The summed E-state index contributed by atoms with van der Waals surface area (Å²) in [5.74, 6) is -0.176. The van der Waals surface area contributed by atoms with E-state index in [0.29, 0.717) is 18.0 Å². The van der Waals surface area contributed by atoms with E-state index in [-0.39, 0.29) is 5.38 Å². The van der Waals surface area contributed by atoms with E-state index in [2.05, 4.69) is 11.8 Å². The van der Waals surface area contributed by atoms with Crippen molar-refractivity contribution in [3.05, 3.63) is 39.7 Å². The van der Waals surface area contributed by atoms with Gasteiger partial charge in [0.05, 0.1) is 10.3 Å². The molecule has 0 aromatic heterocycles. The fourth-order valence-corrected chi connectivity index (χ4v) is 2.98. The van der Waals surface area contributed by atoms with E-state index in [9.17, 15) is 14.5 Å². The molecule has 0 radical (unpaired) electrons. The predicted octanol–water partition coefficient (Wildman–Crippen LogP) is 3.75. The minimum absolute atomic E-state index is 0.361. The average molecular weight is 301 g/mol. The quantitative estimate of drug-likeness (QED) is 0.483. The number of hydrogen-bond acceptors (Lipinski definition) is 3. The number of alkyl halides is 1. The summed E-state index contributed by atoms with van der Waals surface area (Å²) in [7, 11) is 0. The molecule has 2 rings (SSSR count). The first-order valence-corrected chi connectivity index (χ1v) is 7.21. The van der Waals surface area contributed by atoms with Gasteiger partial charge in [-0.05, 0) is 36.9 Å². The summed E-state index contributed by atoms with van der Waals surface area (Å²) in [4.78, 5) is 12.3. The number of rotatable bonds is 4. The van der Waals surface area contributed by atoms with Crippen molar-refractivity contribution in [2.24, 2.45) is 5.92 Å². The maximum Gasteiger partial charge on any atom is 0.305 e. The first kappa shape index (κ1) is 15.2. The standard InChI is InChI=1S/C14H18ClFN2O2/c1-10-3-2-6-17(8-10)9-12(15)11-4-5-13(16)14(7-11)18(19)20/h4-5,7,10,12H,2-3,6,8-9H2,1H3. The van der Waals surface area contributed by atoms with Crippen molar-refractivity contribution < 1.29 is 9.31 Å². The SMILES string of the molecule is CC1CCCN(CC(Cl)c2ccc(F)c([N+](=O)[O-])c2)C1. The van der Waals surface area contributed by atoms with Crippen molar-refractivity contribution in [3.63, 3.8) is 0 Å². The lowest BCUT2D eigenvalue weighted by molar-refractivity contribution is -0.387. The van der Waals surface area contributed by atoms with Crippen LogP contribution in [0, 0.1) is 21.8 Å². The van der Waals surface area contributed by atoms with Crippen LogP contribution < -0.4 is 0 Å². The van der Waals surface area contributed by atoms with Crippen LogP contribution in [0.5, 0.6) is 0 Å². The molecule has 2 unspecified atom stereocenters. The van der Waals surface area contributed by atoms with Crippen molar-refractivity contribution >= 4 is 17.3 Å². The van der Waals surface area contributed by atoms with Gasteiger partial charge in [-0.25, -0.2) is 0 Å². The van der Waals surface area contributed by atoms with Crippen LogP contribution in [0.3, 0.4) is 0 Å². The number of hydrogen-bond donors (Lipinski definition) is 0. The molecular formula is C14H18ClFN2O2. The maximum absolute atomic E-state index is 13.3. The van der Waals surface area contributed by atoms with Gasteiger partial charge >= 0.3 is 5.69 Å². The van der Waals surface area contributed by atoms with Crippen LogP contribution in [-0.2, 0) is 0 Å². The molecule has 0 bridgehead atoms. The third kappa shape index (κ3) is 3.67. The summed E-state index contributed by atoms with van der Waals surface area (Å²) >= 11 is 6.33. The minimum Gasteiger partial charge on any atom is -0.301 e. The number of likely N-dealkylation sites (tertiary alicyclic amines) is 1. The van der Waals surface area contributed by atoms with Crippen molar-refractivity contribution in [2.45, 2.75) is 25.1 Å². The van der Waals surface area contributed by atoms with Crippen LogP contribution in [0.2, 0.25) is 0 Å². The number of halogens is 2. The Morgan fingerprint density at radius 3 is 3.00 bits per heavy atom. The first-order valence-electron chi connectivity index (χ1n) is 6.77. The van der Waals surface area contributed by atoms with Gasteiger partial charge < -0.3 is 4.90 Å². The molecule has 0 amide bonds. The monoisotopic (exact) mass is 300 g/mol. The molecule has 1 aromatic rings. The Bertz CT molecular complexity index is 498. The summed E-state index contributed by atoms with van der Waals surface area (Å²) in [5.41, 5.74) is 0.0816. The lowest BCUT2D eigenvalue weighted by Crippen LogP contribution is -2.36. The molecule has 0 aliphatic carbocycles. The Balaban J connectivity index is 2.07. The second kappa shape index (κ2) is 6.50. The Morgan fingerprint density at radius 1 is 1.60 bits per heavy atom. The molecular weight excluding hydrogens is 283 g/mol. The van der Waals surface area contributed by atoms with Gasteiger partial charge in [0.25, 0.3) is 0 Å². The molecule has 0 spiro atoms. The van der Waals surface area contributed by atoms with Gasteiger partial charge in [0.15, 0.2) is 0 Å². The fraction of sp³-hybridized carbons (Fsp3) is 0.571. The largest absolute Gasteiger partial charge is 0.305 e. The normalized spacial score (nSPS) is 21.6. The van der Waals surface area contributed by atoms with Gasteiger partial charge in [0, 0.05) is 19.2 Å². The highest BCUT2D eigenvalue weighted by Crippen LogP contribution is 2.28. The molecule has 6 heteroatoms. The molecule has 110 valence electrons. The Labute approximate surface area is 122 Å². The number of nitro groups is 1. The summed E-state index contributed by atoms with van der Waals surface area (Å²) in [6.07, 6.45) is 2.37. The van der Waals surface area contributed by atoms with Crippen LogP contribution in [0.4, 0.5) is 10.1 Å². The Hall–Kier alpha value is -1.20. The summed E-state index contributed by atoms with van der Waals surface area (Å²) in [5, 5.41) is 10.4. The van der Waals surface area contributed by atoms with E-state index >= 15 is 0 Å². The third-order valence-corrected chi connectivity index (χ3v) is 4.08. The van der Waals surface area contributed by atoms with Crippen molar-refractivity contribution in [1.82, 2.24) is 4.90 Å². The van der Waals surface area contributed by atoms with Crippen LogP contribution in [-0.4, -0.2) is 29.5 Å². The van der Waals surface area contributed by atoms with Gasteiger partial charge in [0.2, 0.25) is 5.82 Å². The summed E-state index contributed by atoms with van der Waals surface area (Å²) in [6, 6.07) is 3.87. The van der Waals surface area contributed by atoms with Gasteiger partial charge in [-0.1, -0.05) is 13.0 Å². The fourth-order valence-electron chi connectivity index (χ4n) is 2.65. The van der Waals surface area contributed by atoms with E-state index in [4.69, 9.17) is 11.6 Å². The predicted molar refractivity (Wildman–Crippen MR) is 76.5 cm³/mol. The zero-order valence-corrected chi connectivity index (χ0v) is 12.1. The van der Waals surface area contributed by atoms with E-state index in [0.717, 1.165) is 25.6 Å². The van der Waals surface area contributed by atoms with E-state index in [1.165, 1.54) is 18.6 Å². The van der Waals surface area contributed by atoms with Crippen molar-refractivity contribution in [1.29, 1.82) is 0 Å². The molecule has 0 N–H and O–H groups in total. The van der Waals surface area contributed by atoms with E-state index < -0.39 is 16.4 Å². The Morgan fingerprint density at radius 2 is 2.35 bits per heavy atom. The van der Waals surface area contributed by atoms with Crippen molar-refractivity contribution in [3.8, 4) is 0 Å². The van der Waals surface area contributed by atoms with E-state index in [1.54, 1.807) is 0 Å². The third-order valence-electron chi connectivity index (χ3n) is 3.69. The number of nitrogens with zero attached hydrogens (tertiary/aromatic N) is 2. The second-order valence-corrected chi connectivity index (χ2v) is 5.97. The lowest BCUT2D eigenvalue weighted by atomic mass is 9.99. The maximum atomic E-state index is 13.3. The molecule has 1 saturated heterocycles. The lowest BCUT2D eigenvalue weighted by Gasteiger charge is -2.32. The Kier molecular flexibility index (Phi) is 4.94. The van der Waals surface area contributed by atoms with Gasteiger partial charge in [-0.15, -0.1) is 11.6 Å². The summed E-state index contributed by atoms with van der Waals surface area (Å²) < 4.78 is 13.3. The van der Waals surface area contributed by atoms with Crippen molar-refractivity contribution in [2.75, 3.05) is 19.6 Å². The zero-order valence-electron chi connectivity index (χ0n) is 11.4. The first-order chi connectivity index (χ1) is 9.47. The van der Waals surface area contributed by atoms with Gasteiger partial charge in [-0.3, -0.25) is 10.1 Å². The van der Waals surface area contributed by atoms with Gasteiger partial charge in [0.1, 0.15) is 0 Å². The molecule has 1 aliphatic rings. The van der Waals surface area contributed by atoms with Crippen LogP contribution in [0.15, 0.2) is 18.2 Å². The zero-order chi connectivity index (χ0) is 14.7. The smallest absolute Gasteiger partial charge is 0.301 e. The highest BCUT2D eigenvalue weighted by Gasteiger charge is 2.22. The van der Waals surface area contributed by atoms with E-state index in [1.807, 2.05) is 0 Å². The number of nitro benzene ring substituents is 1. The minimum atomic E-state index is -0.825. The average Bonchev–Trinajstić information content (AvgIpc) is 2.38. The molecule has 0 saturated carbocycles. The molecule has 1 heterocycles. The highest BCUT2D eigenvalue weighted by atomic mass is 35.5. The molecule has 4 nitrogen and oxygen atoms in total. The molecule has 2 atom stereocenters. The van der Waals surface area contributed by atoms with Gasteiger partial charge in [-0.2, -0.15) is 4.39 Å².